The molecule has 1 fully saturated rings. The number of nitrogens with one attached hydrogen (secondary N) is 1. The van der Waals surface area contributed by atoms with Gasteiger partial charge in [-0.1, -0.05) is 37.6 Å². The summed E-state index contributed by atoms with van der Waals surface area (Å²) in [5.74, 6) is -0.383. The third-order valence-electron chi connectivity index (χ3n) is 5.18. The predicted molar refractivity (Wildman–Crippen MR) is 114 cm³/mol. The molecule has 1 atom stereocenters. The monoisotopic (exact) mass is 414 g/mol. The molecular formula is C22H27ClN4O2. The highest BCUT2D eigenvalue weighted by Gasteiger charge is 2.31. The molecule has 0 spiro atoms. The molecule has 0 bridgehead atoms. The molecule has 154 valence electrons. The number of amides is 2. The Morgan fingerprint density at radius 1 is 1.07 bits per heavy atom. The number of halogens is 1. The van der Waals surface area contributed by atoms with Gasteiger partial charge in [-0.25, -0.2) is 0 Å². The summed E-state index contributed by atoms with van der Waals surface area (Å²) in [5.41, 5.74) is 1.60. The van der Waals surface area contributed by atoms with E-state index in [-0.39, 0.29) is 17.7 Å². The lowest BCUT2D eigenvalue weighted by atomic mass is 10.0. The van der Waals surface area contributed by atoms with Gasteiger partial charge < -0.3 is 10.2 Å². The Kier molecular flexibility index (Phi) is 7.23. The second-order valence-electron chi connectivity index (χ2n) is 7.63. The third kappa shape index (κ3) is 5.55. The minimum absolute atomic E-state index is 0.0243. The van der Waals surface area contributed by atoms with E-state index in [4.69, 9.17) is 11.6 Å². The normalized spacial score (nSPS) is 15.9. The van der Waals surface area contributed by atoms with Crippen LogP contribution in [0, 0.1) is 5.92 Å². The van der Waals surface area contributed by atoms with Crippen LogP contribution >= 0.6 is 11.6 Å². The van der Waals surface area contributed by atoms with E-state index in [0.717, 1.165) is 19.6 Å². The number of aromatic nitrogens is 1. The molecule has 0 saturated carbocycles. The van der Waals surface area contributed by atoms with E-state index in [9.17, 15) is 9.59 Å². The molecular weight excluding hydrogens is 388 g/mol. The smallest absolute Gasteiger partial charge is 0.253 e. The highest BCUT2D eigenvalue weighted by Crippen LogP contribution is 2.17. The second-order valence-corrected chi connectivity index (χ2v) is 8.04. The Morgan fingerprint density at radius 2 is 1.72 bits per heavy atom. The summed E-state index contributed by atoms with van der Waals surface area (Å²) in [7, 11) is 0. The van der Waals surface area contributed by atoms with E-state index in [1.807, 2.05) is 30.9 Å². The second kappa shape index (κ2) is 9.85. The van der Waals surface area contributed by atoms with Crippen LogP contribution in [-0.2, 0) is 11.3 Å². The van der Waals surface area contributed by atoms with Crippen molar-refractivity contribution < 1.29 is 9.59 Å². The summed E-state index contributed by atoms with van der Waals surface area (Å²) in [6.07, 6.45) is 3.59. The minimum Gasteiger partial charge on any atom is -0.340 e. The lowest BCUT2D eigenvalue weighted by molar-refractivity contribution is -0.136. The molecule has 1 N–H and O–H groups in total. The number of pyridine rings is 1. The summed E-state index contributed by atoms with van der Waals surface area (Å²) in [5, 5.41) is 3.27. The first-order valence-corrected chi connectivity index (χ1v) is 10.3. The molecule has 29 heavy (non-hydrogen) atoms. The first kappa shape index (κ1) is 21.3. The lowest BCUT2D eigenvalue weighted by Crippen LogP contribution is -2.56. The zero-order valence-electron chi connectivity index (χ0n) is 16.8. The number of rotatable bonds is 6. The first-order valence-electron chi connectivity index (χ1n) is 9.91. The Balaban J connectivity index is 1.58. The van der Waals surface area contributed by atoms with Gasteiger partial charge in [0.25, 0.3) is 5.91 Å². The number of benzene rings is 1. The molecule has 1 aliphatic rings. The van der Waals surface area contributed by atoms with Crippen LogP contribution < -0.4 is 5.32 Å². The number of carbonyl (C=O) groups excluding carboxylic acids is 2. The maximum Gasteiger partial charge on any atom is 0.253 e. The molecule has 1 saturated heterocycles. The van der Waals surface area contributed by atoms with E-state index in [1.165, 1.54) is 5.56 Å². The molecule has 3 rings (SSSR count). The molecule has 1 aromatic heterocycles. The van der Waals surface area contributed by atoms with Gasteiger partial charge in [-0.15, -0.1) is 0 Å². The van der Waals surface area contributed by atoms with Gasteiger partial charge in [-0.2, -0.15) is 0 Å². The van der Waals surface area contributed by atoms with Crippen LogP contribution in [0.15, 0.2) is 48.8 Å². The zero-order chi connectivity index (χ0) is 20.8. The quantitative estimate of drug-likeness (QED) is 0.789. The number of carbonyl (C=O) groups is 2. The Hall–Kier alpha value is -2.44. The fraction of sp³-hybridized carbons (Fsp3) is 0.409. The van der Waals surface area contributed by atoms with Crippen LogP contribution in [0.2, 0.25) is 5.02 Å². The minimum atomic E-state index is -0.578. The molecule has 0 unspecified atom stereocenters. The molecule has 1 aromatic carbocycles. The Labute approximate surface area is 176 Å². The van der Waals surface area contributed by atoms with Crippen LogP contribution in [0.4, 0.5) is 0 Å². The fourth-order valence-corrected chi connectivity index (χ4v) is 3.67. The van der Waals surface area contributed by atoms with Crippen molar-refractivity contribution in [1.82, 2.24) is 20.1 Å². The van der Waals surface area contributed by atoms with Crippen molar-refractivity contribution in [3.05, 3.63) is 64.9 Å². The van der Waals surface area contributed by atoms with Crippen LogP contribution in [0.3, 0.4) is 0 Å². The first-order chi connectivity index (χ1) is 14.0. The lowest BCUT2D eigenvalue weighted by Gasteiger charge is -2.37. The average Bonchev–Trinajstić information content (AvgIpc) is 2.73. The molecule has 7 heteroatoms. The van der Waals surface area contributed by atoms with Crippen molar-refractivity contribution in [1.29, 1.82) is 0 Å². The van der Waals surface area contributed by atoms with Gasteiger partial charge in [0.05, 0.1) is 10.6 Å². The van der Waals surface area contributed by atoms with Gasteiger partial charge >= 0.3 is 0 Å². The summed E-state index contributed by atoms with van der Waals surface area (Å²) in [6.45, 7) is 7.63. The topological polar surface area (TPSA) is 65.5 Å². The predicted octanol–water partition coefficient (Wildman–Crippen LogP) is 2.83. The molecule has 6 nitrogen and oxygen atoms in total. The summed E-state index contributed by atoms with van der Waals surface area (Å²) >= 11 is 6.13. The largest absolute Gasteiger partial charge is 0.340 e. The summed E-state index contributed by atoms with van der Waals surface area (Å²) in [4.78, 5) is 34.0. The van der Waals surface area contributed by atoms with Gasteiger partial charge in [0.15, 0.2) is 0 Å². The van der Waals surface area contributed by atoms with Crippen LogP contribution in [0.25, 0.3) is 0 Å². The van der Waals surface area contributed by atoms with E-state index in [1.54, 1.807) is 36.7 Å². The third-order valence-corrected chi connectivity index (χ3v) is 5.51. The van der Waals surface area contributed by atoms with E-state index >= 15 is 0 Å². The van der Waals surface area contributed by atoms with Crippen molar-refractivity contribution in [3.8, 4) is 0 Å². The highest BCUT2D eigenvalue weighted by molar-refractivity contribution is 6.33. The van der Waals surface area contributed by atoms with Crippen molar-refractivity contribution >= 4 is 23.4 Å². The number of piperazine rings is 1. The molecule has 2 heterocycles. The number of nitrogens with zero attached hydrogens (tertiary/aromatic N) is 3. The van der Waals surface area contributed by atoms with Crippen molar-refractivity contribution in [3.63, 3.8) is 0 Å². The van der Waals surface area contributed by atoms with Gasteiger partial charge in [0.1, 0.15) is 6.04 Å². The zero-order valence-corrected chi connectivity index (χ0v) is 17.6. The van der Waals surface area contributed by atoms with Crippen molar-refractivity contribution in [2.45, 2.75) is 26.4 Å². The maximum atomic E-state index is 13.1. The van der Waals surface area contributed by atoms with Gasteiger partial charge in [-0.05, 0) is 35.7 Å². The van der Waals surface area contributed by atoms with Crippen LogP contribution in [-0.4, -0.2) is 58.8 Å². The fourth-order valence-electron chi connectivity index (χ4n) is 3.45. The Bertz CT molecular complexity index is 836. The highest BCUT2D eigenvalue weighted by atomic mass is 35.5. The van der Waals surface area contributed by atoms with Gasteiger partial charge in [-0.3, -0.25) is 19.5 Å². The van der Waals surface area contributed by atoms with Crippen LogP contribution in [0.5, 0.6) is 0 Å². The molecule has 1 aliphatic heterocycles. The molecule has 2 amide bonds. The SMILES string of the molecule is CC(C)[C@H](NC(=O)c1ccccc1Cl)C(=O)N1CCN(Cc2ccncc2)CC1. The van der Waals surface area contributed by atoms with Crippen molar-refractivity contribution in [2.75, 3.05) is 26.2 Å². The standard InChI is InChI=1S/C22H27ClN4O2/c1-16(2)20(25-21(28)18-5-3-4-6-19(18)23)22(29)27-13-11-26(12-14-27)15-17-7-9-24-10-8-17/h3-10,16,20H,11-15H2,1-2H3,(H,25,28)/t20-/m0/s1. The van der Waals surface area contributed by atoms with Gasteiger partial charge in [0.2, 0.25) is 5.91 Å². The van der Waals surface area contributed by atoms with Gasteiger partial charge in [0, 0.05) is 45.1 Å². The molecule has 0 aliphatic carbocycles. The average molecular weight is 415 g/mol. The van der Waals surface area contributed by atoms with E-state index < -0.39 is 6.04 Å². The number of hydrogen-bond donors (Lipinski definition) is 1. The Morgan fingerprint density at radius 3 is 2.34 bits per heavy atom. The maximum absolute atomic E-state index is 13.1. The van der Waals surface area contributed by atoms with Crippen molar-refractivity contribution in [2.24, 2.45) is 5.92 Å². The van der Waals surface area contributed by atoms with Crippen LogP contribution in [0.1, 0.15) is 29.8 Å². The van der Waals surface area contributed by atoms with E-state index in [0.29, 0.717) is 23.7 Å². The van der Waals surface area contributed by atoms with E-state index in [2.05, 4.69) is 15.2 Å². The summed E-state index contributed by atoms with van der Waals surface area (Å²) < 4.78 is 0. The summed E-state index contributed by atoms with van der Waals surface area (Å²) in [6, 6.07) is 10.3. The molecule has 2 aromatic rings. The molecule has 0 radical (unpaired) electrons. The number of hydrogen-bond acceptors (Lipinski definition) is 4.